The van der Waals surface area contributed by atoms with Crippen molar-refractivity contribution in [1.82, 2.24) is 4.98 Å². The second kappa shape index (κ2) is 4.63. The van der Waals surface area contributed by atoms with Gasteiger partial charge in [-0.1, -0.05) is 0 Å². The molecule has 2 rings (SSSR count). The van der Waals surface area contributed by atoms with Gasteiger partial charge in [0.25, 0.3) is 0 Å². The van der Waals surface area contributed by atoms with Crippen molar-refractivity contribution in [3.8, 4) is 0 Å². The van der Waals surface area contributed by atoms with Crippen molar-refractivity contribution in [2.24, 2.45) is 5.14 Å². The van der Waals surface area contributed by atoms with Crippen LogP contribution in [-0.4, -0.2) is 13.4 Å². The molecule has 1 heterocycles. The maximum atomic E-state index is 11.1. The highest BCUT2D eigenvalue weighted by molar-refractivity contribution is 7.89. The van der Waals surface area contributed by atoms with Crippen LogP contribution in [-0.2, 0) is 10.0 Å². The predicted octanol–water partition coefficient (Wildman–Crippen LogP) is 1.05. The van der Waals surface area contributed by atoms with Crippen molar-refractivity contribution in [3.05, 3.63) is 42.6 Å². The molecule has 5 N–H and O–H groups in total. The molecule has 1 aromatic carbocycles. The summed E-state index contributed by atoms with van der Waals surface area (Å²) < 4.78 is 22.1. The minimum Gasteiger partial charge on any atom is -0.397 e. The Morgan fingerprint density at radius 3 is 2.22 bits per heavy atom. The first-order valence-electron chi connectivity index (χ1n) is 5.06. The van der Waals surface area contributed by atoms with Crippen molar-refractivity contribution in [1.29, 1.82) is 0 Å². The van der Waals surface area contributed by atoms with E-state index in [0.717, 1.165) is 0 Å². The van der Waals surface area contributed by atoms with Crippen LogP contribution in [0, 0.1) is 0 Å². The van der Waals surface area contributed by atoms with Crippen LogP contribution in [0.4, 0.5) is 17.2 Å². The zero-order chi connectivity index (χ0) is 13.2. The summed E-state index contributed by atoms with van der Waals surface area (Å²) in [5.41, 5.74) is 6.80. The first-order valence-corrected chi connectivity index (χ1v) is 6.61. The van der Waals surface area contributed by atoms with Gasteiger partial charge >= 0.3 is 0 Å². The molecule has 0 saturated carbocycles. The molecule has 0 radical (unpaired) electrons. The van der Waals surface area contributed by atoms with Crippen molar-refractivity contribution in [2.45, 2.75) is 4.90 Å². The van der Waals surface area contributed by atoms with E-state index in [0.29, 0.717) is 17.2 Å². The van der Waals surface area contributed by atoms with E-state index >= 15 is 0 Å². The summed E-state index contributed by atoms with van der Waals surface area (Å²) in [6.45, 7) is 0. The molecule has 0 aliphatic carbocycles. The Morgan fingerprint density at radius 1 is 1.06 bits per heavy atom. The van der Waals surface area contributed by atoms with Gasteiger partial charge in [0.05, 0.1) is 16.8 Å². The Hall–Kier alpha value is -2.12. The molecule has 7 heteroatoms. The Morgan fingerprint density at radius 2 is 1.72 bits per heavy atom. The third kappa shape index (κ3) is 2.96. The molecule has 0 fully saturated rings. The summed E-state index contributed by atoms with van der Waals surface area (Å²) in [6.07, 6.45) is 1.53. The molecule has 0 unspecified atom stereocenters. The molecule has 0 amide bonds. The zero-order valence-corrected chi connectivity index (χ0v) is 10.2. The first kappa shape index (κ1) is 12.3. The van der Waals surface area contributed by atoms with Crippen LogP contribution < -0.4 is 16.2 Å². The molecule has 94 valence electrons. The number of primary sulfonamides is 1. The molecular formula is C11H12N4O2S. The second-order valence-corrected chi connectivity index (χ2v) is 5.23. The molecule has 6 nitrogen and oxygen atoms in total. The lowest BCUT2D eigenvalue weighted by molar-refractivity contribution is 0.598. The van der Waals surface area contributed by atoms with Crippen LogP contribution in [0.25, 0.3) is 0 Å². The van der Waals surface area contributed by atoms with E-state index in [-0.39, 0.29) is 4.90 Å². The topological polar surface area (TPSA) is 111 Å². The Bertz CT molecular complexity index is 636. The molecule has 0 bridgehead atoms. The van der Waals surface area contributed by atoms with Gasteiger partial charge in [-0.25, -0.2) is 18.5 Å². The average Bonchev–Trinajstić information content (AvgIpc) is 2.32. The quantitative estimate of drug-likeness (QED) is 0.767. The summed E-state index contributed by atoms with van der Waals surface area (Å²) in [7, 11) is -3.66. The Balaban J connectivity index is 2.18. The largest absolute Gasteiger partial charge is 0.397 e. The molecule has 0 saturated heterocycles. The number of hydrogen-bond acceptors (Lipinski definition) is 5. The number of rotatable bonds is 3. The number of sulfonamides is 1. The molecule has 0 spiro atoms. The third-order valence-electron chi connectivity index (χ3n) is 2.24. The molecule has 18 heavy (non-hydrogen) atoms. The highest BCUT2D eigenvalue weighted by Gasteiger charge is 2.06. The summed E-state index contributed by atoms with van der Waals surface area (Å²) in [5.74, 6) is 0.618. The molecule has 0 aliphatic rings. The smallest absolute Gasteiger partial charge is 0.238 e. The minimum atomic E-state index is -3.66. The number of nitrogens with zero attached hydrogens (tertiary/aromatic N) is 1. The number of benzene rings is 1. The molecule has 0 atom stereocenters. The standard InChI is InChI=1S/C11H12N4O2S/c12-8-1-6-11(14-7-8)15-9-2-4-10(5-3-9)18(13,16)17/h1-7H,12H2,(H,14,15)(H2,13,16,17). The average molecular weight is 264 g/mol. The lowest BCUT2D eigenvalue weighted by atomic mass is 10.3. The van der Waals surface area contributed by atoms with Gasteiger partial charge in [-0.3, -0.25) is 0 Å². The zero-order valence-electron chi connectivity index (χ0n) is 9.37. The number of nitrogens with one attached hydrogen (secondary N) is 1. The maximum absolute atomic E-state index is 11.1. The number of aromatic nitrogens is 1. The van der Waals surface area contributed by atoms with Gasteiger partial charge in [-0.15, -0.1) is 0 Å². The van der Waals surface area contributed by atoms with Crippen LogP contribution in [0.5, 0.6) is 0 Å². The van der Waals surface area contributed by atoms with Gasteiger partial charge in [-0.2, -0.15) is 0 Å². The highest BCUT2D eigenvalue weighted by atomic mass is 32.2. The fraction of sp³-hybridized carbons (Fsp3) is 0. The molecule has 0 aliphatic heterocycles. The van der Waals surface area contributed by atoms with E-state index in [1.807, 2.05) is 0 Å². The van der Waals surface area contributed by atoms with Gasteiger partial charge in [-0.05, 0) is 36.4 Å². The van der Waals surface area contributed by atoms with Crippen LogP contribution in [0.2, 0.25) is 0 Å². The molecular weight excluding hydrogens is 252 g/mol. The van der Waals surface area contributed by atoms with Crippen LogP contribution in [0.1, 0.15) is 0 Å². The lowest BCUT2D eigenvalue weighted by Gasteiger charge is -2.06. The van der Waals surface area contributed by atoms with Crippen molar-refractivity contribution < 1.29 is 8.42 Å². The second-order valence-electron chi connectivity index (χ2n) is 3.67. The van der Waals surface area contributed by atoms with Crippen LogP contribution in [0.15, 0.2) is 47.5 Å². The van der Waals surface area contributed by atoms with E-state index in [4.69, 9.17) is 10.9 Å². The summed E-state index contributed by atoms with van der Waals surface area (Å²) in [5, 5.41) is 8.01. The SMILES string of the molecule is Nc1ccc(Nc2ccc(S(N)(=O)=O)cc2)nc1. The Labute approximate surface area is 105 Å². The fourth-order valence-electron chi connectivity index (χ4n) is 1.36. The third-order valence-corrected chi connectivity index (χ3v) is 3.17. The first-order chi connectivity index (χ1) is 8.45. The van der Waals surface area contributed by atoms with Gasteiger partial charge in [0.1, 0.15) is 5.82 Å². The summed E-state index contributed by atoms with van der Waals surface area (Å²) >= 11 is 0. The molecule has 1 aromatic heterocycles. The number of pyridine rings is 1. The van der Waals surface area contributed by atoms with E-state index in [2.05, 4.69) is 10.3 Å². The van der Waals surface area contributed by atoms with Gasteiger partial charge < -0.3 is 11.1 Å². The predicted molar refractivity (Wildman–Crippen MR) is 69.7 cm³/mol. The highest BCUT2D eigenvalue weighted by Crippen LogP contribution is 2.17. The number of nitrogen functional groups attached to an aromatic ring is 1. The summed E-state index contributed by atoms with van der Waals surface area (Å²) in [6, 6.07) is 9.51. The van der Waals surface area contributed by atoms with E-state index in [1.54, 1.807) is 24.3 Å². The number of anilines is 3. The number of nitrogens with two attached hydrogens (primary N) is 2. The fourth-order valence-corrected chi connectivity index (χ4v) is 1.87. The lowest BCUT2D eigenvalue weighted by Crippen LogP contribution is -2.11. The normalized spacial score (nSPS) is 11.2. The van der Waals surface area contributed by atoms with E-state index < -0.39 is 10.0 Å². The van der Waals surface area contributed by atoms with Crippen molar-refractivity contribution >= 4 is 27.2 Å². The Kier molecular flexibility index (Phi) is 3.17. The minimum absolute atomic E-state index is 0.0679. The van der Waals surface area contributed by atoms with Crippen molar-refractivity contribution in [2.75, 3.05) is 11.1 Å². The van der Waals surface area contributed by atoms with E-state index in [1.165, 1.54) is 18.3 Å². The van der Waals surface area contributed by atoms with Gasteiger partial charge in [0.15, 0.2) is 0 Å². The van der Waals surface area contributed by atoms with Crippen molar-refractivity contribution in [3.63, 3.8) is 0 Å². The maximum Gasteiger partial charge on any atom is 0.238 e. The van der Waals surface area contributed by atoms with E-state index in [9.17, 15) is 8.42 Å². The van der Waals surface area contributed by atoms with Crippen LogP contribution >= 0.6 is 0 Å². The van der Waals surface area contributed by atoms with Crippen LogP contribution in [0.3, 0.4) is 0 Å². The molecule has 2 aromatic rings. The van der Waals surface area contributed by atoms with Gasteiger partial charge in [0.2, 0.25) is 10.0 Å². The summed E-state index contributed by atoms with van der Waals surface area (Å²) in [4.78, 5) is 4.13. The van der Waals surface area contributed by atoms with Gasteiger partial charge in [0, 0.05) is 5.69 Å². The number of hydrogen-bond donors (Lipinski definition) is 3. The monoisotopic (exact) mass is 264 g/mol.